The third-order valence-electron chi connectivity index (χ3n) is 5.96. The Morgan fingerprint density at radius 1 is 1.32 bits per heavy atom. The number of carboxylic acid groups (broad SMARTS) is 1. The van der Waals surface area contributed by atoms with E-state index in [9.17, 15) is 14.7 Å². The first-order valence-electron chi connectivity index (χ1n) is 8.73. The molecule has 3 N–H and O–H groups in total. The quantitative estimate of drug-likeness (QED) is 0.852. The summed E-state index contributed by atoms with van der Waals surface area (Å²) in [7, 11) is 1.98. The molecule has 136 valence electrons. The molecule has 3 rings (SSSR count). The molecular weight excluding hydrogens is 320 g/mol. The van der Waals surface area contributed by atoms with E-state index in [1.165, 1.54) is 0 Å². The molecule has 3 heterocycles. The molecule has 0 bridgehead atoms. The zero-order valence-corrected chi connectivity index (χ0v) is 15.1. The predicted molar refractivity (Wildman–Crippen MR) is 94.8 cm³/mol. The molecular formula is C18H26N4O3. The van der Waals surface area contributed by atoms with E-state index in [1.807, 2.05) is 25.8 Å². The van der Waals surface area contributed by atoms with Gasteiger partial charge < -0.3 is 20.6 Å². The predicted octanol–water partition coefficient (Wildman–Crippen LogP) is 1.17. The van der Waals surface area contributed by atoms with E-state index < -0.39 is 17.3 Å². The number of nitrogens with two attached hydrogens (primary N) is 1. The van der Waals surface area contributed by atoms with Crippen LogP contribution in [0.2, 0.25) is 0 Å². The van der Waals surface area contributed by atoms with Crippen LogP contribution in [0.3, 0.4) is 0 Å². The summed E-state index contributed by atoms with van der Waals surface area (Å²) >= 11 is 0. The molecule has 1 aromatic heterocycles. The van der Waals surface area contributed by atoms with Gasteiger partial charge in [-0.05, 0) is 58.3 Å². The Morgan fingerprint density at radius 2 is 2.04 bits per heavy atom. The van der Waals surface area contributed by atoms with Gasteiger partial charge in [-0.15, -0.1) is 0 Å². The minimum absolute atomic E-state index is 0.100. The van der Waals surface area contributed by atoms with Gasteiger partial charge in [-0.25, -0.2) is 4.98 Å². The summed E-state index contributed by atoms with van der Waals surface area (Å²) in [5, 5.41) is 9.89. The second-order valence-corrected chi connectivity index (χ2v) is 7.38. The van der Waals surface area contributed by atoms with E-state index >= 15 is 0 Å². The smallest absolute Gasteiger partial charge is 0.311 e. The Kier molecular flexibility index (Phi) is 4.45. The third-order valence-corrected chi connectivity index (χ3v) is 5.96. The molecule has 7 nitrogen and oxygen atoms in total. The number of piperidine rings is 2. The van der Waals surface area contributed by atoms with Gasteiger partial charge in [0.25, 0.3) is 5.91 Å². The molecule has 0 aromatic carbocycles. The maximum Gasteiger partial charge on any atom is 0.311 e. The van der Waals surface area contributed by atoms with Crippen molar-refractivity contribution in [3.05, 3.63) is 22.9 Å². The van der Waals surface area contributed by atoms with Crippen molar-refractivity contribution in [2.75, 3.05) is 31.6 Å². The van der Waals surface area contributed by atoms with Crippen LogP contribution >= 0.6 is 0 Å². The van der Waals surface area contributed by atoms with Crippen LogP contribution in [0.25, 0.3) is 0 Å². The van der Waals surface area contributed by atoms with Crippen LogP contribution in [0.4, 0.5) is 5.82 Å². The number of carbonyl (C=O) groups is 2. The number of nitrogens with zero attached hydrogens (tertiary/aromatic N) is 3. The van der Waals surface area contributed by atoms with Crippen LogP contribution in [-0.2, 0) is 4.79 Å². The van der Waals surface area contributed by atoms with Gasteiger partial charge >= 0.3 is 5.97 Å². The molecule has 2 aliphatic rings. The zero-order valence-electron chi connectivity index (χ0n) is 15.1. The van der Waals surface area contributed by atoms with E-state index in [1.54, 1.807) is 6.07 Å². The number of hydrogen-bond acceptors (Lipinski definition) is 5. The molecule has 2 saturated heterocycles. The van der Waals surface area contributed by atoms with Crippen LogP contribution in [0.15, 0.2) is 6.07 Å². The van der Waals surface area contributed by atoms with Crippen LogP contribution < -0.4 is 10.6 Å². The van der Waals surface area contributed by atoms with Crippen molar-refractivity contribution in [1.29, 1.82) is 0 Å². The molecule has 25 heavy (non-hydrogen) atoms. The zero-order chi connectivity index (χ0) is 18.4. The Bertz CT molecular complexity index is 721. The van der Waals surface area contributed by atoms with E-state index in [0.29, 0.717) is 37.3 Å². The van der Waals surface area contributed by atoms with Crippen LogP contribution in [0.5, 0.6) is 0 Å². The van der Waals surface area contributed by atoms with Crippen LogP contribution in [0.1, 0.15) is 40.9 Å². The average Bonchev–Trinajstić information content (AvgIpc) is 2.56. The maximum absolute atomic E-state index is 12.0. The van der Waals surface area contributed by atoms with Crippen molar-refractivity contribution < 1.29 is 14.7 Å². The number of aliphatic carboxylic acids is 1. The number of anilines is 1. The summed E-state index contributed by atoms with van der Waals surface area (Å²) in [4.78, 5) is 32.7. The lowest BCUT2D eigenvalue weighted by Gasteiger charge is -2.52. The number of amides is 1. The number of aromatic nitrogens is 1. The van der Waals surface area contributed by atoms with Gasteiger partial charge in [0.15, 0.2) is 0 Å². The average molecular weight is 346 g/mol. The van der Waals surface area contributed by atoms with Gasteiger partial charge in [-0.3, -0.25) is 9.59 Å². The Balaban J connectivity index is 1.98. The number of fused-ring (bicyclic) bond motifs is 1. The fraction of sp³-hybridized carbons (Fsp3) is 0.611. The summed E-state index contributed by atoms with van der Waals surface area (Å²) in [5.41, 5.74) is 7.03. The molecule has 2 fully saturated rings. The highest BCUT2D eigenvalue weighted by Crippen LogP contribution is 2.43. The number of carbonyl (C=O) groups excluding carboxylic acids is 1. The Labute approximate surface area is 147 Å². The normalized spacial score (nSPS) is 27.0. The SMILES string of the molecule is Cc1cc(C(N)=O)c(N2CC[C@@]3(C(=O)O)CCCN(C)[C@@H]3C2)nc1C. The first kappa shape index (κ1) is 17.7. The lowest BCUT2D eigenvalue weighted by molar-refractivity contribution is -0.158. The molecule has 0 spiro atoms. The number of aryl methyl sites for hydroxylation is 2. The Hall–Kier alpha value is -2.15. The third kappa shape index (κ3) is 2.86. The molecule has 2 atom stereocenters. The molecule has 0 saturated carbocycles. The molecule has 0 radical (unpaired) electrons. The maximum atomic E-state index is 12.0. The number of hydrogen-bond donors (Lipinski definition) is 2. The highest BCUT2D eigenvalue weighted by atomic mass is 16.4. The number of pyridine rings is 1. The minimum atomic E-state index is -0.716. The molecule has 0 aliphatic carbocycles. The van der Waals surface area contributed by atoms with E-state index in [0.717, 1.165) is 24.2 Å². The minimum Gasteiger partial charge on any atom is -0.481 e. The fourth-order valence-electron chi connectivity index (χ4n) is 4.29. The molecule has 1 amide bonds. The van der Waals surface area contributed by atoms with E-state index in [2.05, 4.69) is 9.88 Å². The van der Waals surface area contributed by atoms with Gasteiger partial charge in [0.1, 0.15) is 5.82 Å². The summed E-state index contributed by atoms with van der Waals surface area (Å²) in [6, 6.07) is 1.68. The number of rotatable bonds is 3. The van der Waals surface area contributed by atoms with Crippen molar-refractivity contribution in [3.63, 3.8) is 0 Å². The van der Waals surface area contributed by atoms with Crippen molar-refractivity contribution >= 4 is 17.7 Å². The van der Waals surface area contributed by atoms with Crippen molar-refractivity contribution in [2.24, 2.45) is 11.1 Å². The summed E-state index contributed by atoms with van der Waals surface area (Å²) in [5.74, 6) is -0.641. The van der Waals surface area contributed by atoms with Gasteiger partial charge in [0.2, 0.25) is 0 Å². The lowest BCUT2D eigenvalue weighted by Crippen LogP contribution is -2.63. The first-order valence-corrected chi connectivity index (χ1v) is 8.73. The van der Waals surface area contributed by atoms with Gasteiger partial charge in [-0.1, -0.05) is 0 Å². The van der Waals surface area contributed by atoms with Crippen molar-refractivity contribution in [2.45, 2.75) is 39.2 Å². The number of likely N-dealkylation sites (tertiary alicyclic amines) is 1. The molecule has 7 heteroatoms. The summed E-state index contributed by atoms with van der Waals surface area (Å²) in [6.07, 6.45) is 2.14. The number of primary amides is 1. The molecule has 1 aromatic rings. The second kappa shape index (κ2) is 6.29. The molecule has 0 unspecified atom stereocenters. The highest BCUT2D eigenvalue weighted by molar-refractivity contribution is 5.98. The second-order valence-electron chi connectivity index (χ2n) is 7.38. The number of carboxylic acids is 1. The monoisotopic (exact) mass is 346 g/mol. The van der Waals surface area contributed by atoms with E-state index in [-0.39, 0.29) is 6.04 Å². The van der Waals surface area contributed by atoms with Crippen molar-refractivity contribution in [1.82, 2.24) is 9.88 Å². The number of likely N-dealkylation sites (N-methyl/N-ethyl adjacent to an activating group) is 1. The molecule has 2 aliphatic heterocycles. The lowest BCUT2D eigenvalue weighted by atomic mass is 9.68. The van der Waals surface area contributed by atoms with Gasteiger partial charge in [-0.2, -0.15) is 0 Å². The van der Waals surface area contributed by atoms with Crippen LogP contribution in [-0.4, -0.2) is 59.6 Å². The summed E-state index contributed by atoms with van der Waals surface area (Å²) in [6.45, 7) is 5.79. The largest absolute Gasteiger partial charge is 0.481 e. The topological polar surface area (TPSA) is 99.8 Å². The van der Waals surface area contributed by atoms with E-state index in [4.69, 9.17) is 5.73 Å². The Morgan fingerprint density at radius 3 is 2.68 bits per heavy atom. The van der Waals surface area contributed by atoms with Crippen molar-refractivity contribution in [3.8, 4) is 0 Å². The van der Waals surface area contributed by atoms with Gasteiger partial charge in [0.05, 0.1) is 11.0 Å². The first-order chi connectivity index (χ1) is 11.8. The van der Waals surface area contributed by atoms with Crippen LogP contribution in [0, 0.1) is 19.3 Å². The van der Waals surface area contributed by atoms with Gasteiger partial charge in [0, 0.05) is 24.8 Å². The highest BCUT2D eigenvalue weighted by Gasteiger charge is 2.52. The summed E-state index contributed by atoms with van der Waals surface area (Å²) < 4.78 is 0. The fourth-order valence-corrected chi connectivity index (χ4v) is 4.29. The standard InChI is InChI=1S/C18H26N4O3/c1-11-9-13(15(19)23)16(20-12(11)2)22-8-6-18(17(24)25)5-4-7-21(3)14(18)10-22/h9,14H,4-8,10H2,1-3H3,(H2,19,23)(H,24,25)/t14-,18+/m1/s1.